The van der Waals surface area contributed by atoms with E-state index in [-0.39, 0.29) is 5.02 Å². The highest BCUT2D eigenvalue weighted by atomic mass is 35.5. The number of benzene rings is 1. The van der Waals surface area contributed by atoms with Gasteiger partial charge in [-0.05, 0) is 43.0 Å². The molecule has 0 aliphatic carbocycles. The van der Waals surface area contributed by atoms with Crippen molar-refractivity contribution in [1.29, 1.82) is 0 Å². The zero-order valence-corrected chi connectivity index (χ0v) is 13.1. The molecular weight excluding hydrogens is 303 g/mol. The largest absolute Gasteiger partial charge is 0.356 e. The van der Waals surface area contributed by atoms with Crippen molar-refractivity contribution in [3.05, 3.63) is 41.3 Å². The maximum atomic E-state index is 13.2. The minimum atomic E-state index is -0.440. The summed E-state index contributed by atoms with van der Waals surface area (Å²) in [6, 6.07) is 6.37. The van der Waals surface area contributed by atoms with Crippen LogP contribution in [-0.4, -0.2) is 23.1 Å². The molecule has 1 N–H and O–H groups in total. The highest BCUT2D eigenvalue weighted by Gasteiger charge is 2.17. The first-order valence-electron chi connectivity index (χ1n) is 7.42. The fourth-order valence-electron chi connectivity index (χ4n) is 2.53. The van der Waals surface area contributed by atoms with Gasteiger partial charge in [0.1, 0.15) is 11.6 Å². The Bertz CT molecular complexity index is 656. The van der Waals surface area contributed by atoms with Crippen LogP contribution < -0.4 is 10.2 Å². The number of halogens is 2. The number of aromatic nitrogens is 2. The third-order valence-corrected chi connectivity index (χ3v) is 4.21. The fourth-order valence-corrected chi connectivity index (χ4v) is 2.71. The van der Waals surface area contributed by atoms with E-state index < -0.39 is 5.82 Å². The third-order valence-electron chi connectivity index (χ3n) is 3.92. The van der Waals surface area contributed by atoms with Crippen LogP contribution >= 0.6 is 11.6 Å². The molecule has 0 radical (unpaired) electrons. The Labute approximate surface area is 134 Å². The average molecular weight is 321 g/mol. The van der Waals surface area contributed by atoms with Crippen LogP contribution in [0.1, 0.15) is 19.8 Å². The smallest absolute Gasteiger partial charge is 0.229 e. The molecule has 116 valence electrons. The fraction of sp³-hybridized carbons (Fsp3) is 0.375. The molecule has 22 heavy (non-hydrogen) atoms. The van der Waals surface area contributed by atoms with Gasteiger partial charge in [-0.2, -0.15) is 4.98 Å². The molecule has 1 aliphatic heterocycles. The first-order chi connectivity index (χ1) is 10.6. The normalized spacial score (nSPS) is 15.9. The molecule has 3 rings (SSSR count). The number of piperidine rings is 1. The van der Waals surface area contributed by atoms with Crippen LogP contribution in [-0.2, 0) is 0 Å². The predicted octanol–water partition coefficient (Wildman–Crippen LogP) is 4.25. The summed E-state index contributed by atoms with van der Waals surface area (Å²) in [5, 5.41) is 3.14. The second-order valence-corrected chi connectivity index (χ2v) is 6.07. The lowest BCUT2D eigenvalue weighted by atomic mass is 9.99. The van der Waals surface area contributed by atoms with Crippen molar-refractivity contribution >= 4 is 29.1 Å². The van der Waals surface area contributed by atoms with Crippen LogP contribution in [0.2, 0.25) is 5.02 Å². The number of nitrogens with zero attached hydrogens (tertiary/aromatic N) is 3. The van der Waals surface area contributed by atoms with Crippen molar-refractivity contribution in [2.45, 2.75) is 19.8 Å². The topological polar surface area (TPSA) is 41.1 Å². The molecule has 6 heteroatoms. The van der Waals surface area contributed by atoms with Gasteiger partial charge in [-0.25, -0.2) is 9.37 Å². The van der Waals surface area contributed by atoms with Crippen molar-refractivity contribution in [2.24, 2.45) is 5.92 Å². The van der Waals surface area contributed by atoms with E-state index in [1.165, 1.54) is 25.0 Å². The summed E-state index contributed by atoms with van der Waals surface area (Å²) in [5.74, 6) is 1.73. The van der Waals surface area contributed by atoms with Crippen LogP contribution in [0.3, 0.4) is 0 Å². The van der Waals surface area contributed by atoms with Gasteiger partial charge in [0.05, 0.1) is 5.02 Å². The number of anilines is 3. The lowest BCUT2D eigenvalue weighted by Crippen LogP contribution is -2.33. The summed E-state index contributed by atoms with van der Waals surface area (Å²) < 4.78 is 13.2. The van der Waals surface area contributed by atoms with Crippen LogP contribution in [0.25, 0.3) is 0 Å². The van der Waals surface area contributed by atoms with Crippen LogP contribution in [0.5, 0.6) is 0 Å². The van der Waals surface area contributed by atoms with E-state index >= 15 is 0 Å². The van der Waals surface area contributed by atoms with Gasteiger partial charge in [-0.3, -0.25) is 0 Å². The van der Waals surface area contributed by atoms with Crippen LogP contribution in [0.15, 0.2) is 30.5 Å². The molecule has 0 bridgehead atoms. The van der Waals surface area contributed by atoms with Gasteiger partial charge < -0.3 is 10.2 Å². The van der Waals surface area contributed by atoms with Crippen molar-refractivity contribution < 1.29 is 4.39 Å². The zero-order valence-electron chi connectivity index (χ0n) is 12.4. The minimum Gasteiger partial charge on any atom is -0.356 e. The molecule has 0 spiro atoms. The average Bonchev–Trinajstić information content (AvgIpc) is 2.52. The Balaban J connectivity index is 1.74. The second kappa shape index (κ2) is 6.48. The Morgan fingerprint density at radius 2 is 2.05 bits per heavy atom. The monoisotopic (exact) mass is 320 g/mol. The molecule has 1 aromatic carbocycles. The van der Waals surface area contributed by atoms with E-state index in [4.69, 9.17) is 11.6 Å². The quantitative estimate of drug-likeness (QED) is 0.918. The Morgan fingerprint density at radius 3 is 2.77 bits per heavy atom. The number of rotatable bonds is 3. The number of hydrogen-bond donors (Lipinski definition) is 1. The van der Waals surface area contributed by atoms with E-state index in [1.807, 2.05) is 6.07 Å². The van der Waals surface area contributed by atoms with Gasteiger partial charge in [0.2, 0.25) is 5.95 Å². The van der Waals surface area contributed by atoms with Gasteiger partial charge in [0, 0.05) is 25.0 Å². The molecule has 0 atom stereocenters. The highest BCUT2D eigenvalue weighted by Crippen LogP contribution is 2.24. The van der Waals surface area contributed by atoms with Gasteiger partial charge in [-0.15, -0.1) is 0 Å². The molecule has 0 saturated carbocycles. The molecule has 4 nitrogen and oxygen atoms in total. The lowest BCUT2D eigenvalue weighted by molar-refractivity contribution is 0.436. The van der Waals surface area contributed by atoms with E-state index in [0.717, 1.165) is 24.8 Å². The van der Waals surface area contributed by atoms with Crippen LogP contribution in [0.4, 0.5) is 21.8 Å². The number of hydrogen-bond acceptors (Lipinski definition) is 4. The summed E-state index contributed by atoms with van der Waals surface area (Å²) in [6.45, 7) is 4.31. The Hall–Kier alpha value is -1.88. The maximum Gasteiger partial charge on any atom is 0.229 e. The summed E-state index contributed by atoms with van der Waals surface area (Å²) in [4.78, 5) is 11.0. The first-order valence-corrected chi connectivity index (χ1v) is 7.79. The maximum absolute atomic E-state index is 13.2. The summed E-state index contributed by atoms with van der Waals surface area (Å²) in [5.41, 5.74) is 0.663. The van der Waals surface area contributed by atoms with Crippen molar-refractivity contribution in [3.63, 3.8) is 0 Å². The molecule has 1 saturated heterocycles. The first kappa shape index (κ1) is 15.0. The van der Waals surface area contributed by atoms with Crippen LogP contribution in [0, 0.1) is 11.7 Å². The van der Waals surface area contributed by atoms with Gasteiger partial charge in [-0.1, -0.05) is 18.5 Å². The molecule has 0 unspecified atom stereocenters. The standard InChI is InChI=1S/C16H18ClFN4/c1-11-5-8-22(9-6-11)15-4-7-19-16(21-15)20-12-2-3-14(18)13(17)10-12/h2-4,7,10-11H,5-6,8-9H2,1H3,(H,19,20,21). The van der Waals surface area contributed by atoms with Gasteiger partial charge in [0.15, 0.2) is 0 Å². The van der Waals surface area contributed by atoms with Gasteiger partial charge in [0.25, 0.3) is 0 Å². The zero-order chi connectivity index (χ0) is 15.5. The summed E-state index contributed by atoms with van der Waals surface area (Å²) >= 11 is 5.78. The highest BCUT2D eigenvalue weighted by molar-refractivity contribution is 6.31. The molecule has 0 amide bonds. The van der Waals surface area contributed by atoms with Crippen molar-refractivity contribution in [1.82, 2.24) is 9.97 Å². The molecule has 2 heterocycles. The molecule has 1 fully saturated rings. The second-order valence-electron chi connectivity index (χ2n) is 5.66. The molecule has 1 aromatic heterocycles. The third kappa shape index (κ3) is 3.47. The SMILES string of the molecule is CC1CCN(c2ccnc(Nc3ccc(F)c(Cl)c3)n2)CC1. The van der Waals surface area contributed by atoms with E-state index in [1.54, 1.807) is 12.3 Å². The van der Waals surface area contributed by atoms with Gasteiger partial charge >= 0.3 is 0 Å². The summed E-state index contributed by atoms with van der Waals surface area (Å²) in [7, 11) is 0. The van der Waals surface area contributed by atoms with Crippen molar-refractivity contribution in [3.8, 4) is 0 Å². The van der Waals surface area contributed by atoms with E-state index in [2.05, 4.69) is 27.1 Å². The van der Waals surface area contributed by atoms with E-state index in [0.29, 0.717) is 11.6 Å². The molecule has 2 aromatic rings. The Morgan fingerprint density at radius 1 is 1.27 bits per heavy atom. The Kier molecular flexibility index (Phi) is 4.43. The minimum absolute atomic E-state index is 0.0752. The summed E-state index contributed by atoms with van der Waals surface area (Å²) in [6.07, 6.45) is 4.09. The number of nitrogens with one attached hydrogen (secondary N) is 1. The van der Waals surface area contributed by atoms with Crippen molar-refractivity contribution in [2.75, 3.05) is 23.3 Å². The molecule has 1 aliphatic rings. The molecular formula is C16H18ClFN4. The predicted molar refractivity (Wildman–Crippen MR) is 87.3 cm³/mol. The lowest BCUT2D eigenvalue weighted by Gasteiger charge is -2.31. The van der Waals surface area contributed by atoms with E-state index in [9.17, 15) is 4.39 Å².